The average molecular weight is 263 g/mol. The van der Waals surface area contributed by atoms with Gasteiger partial charge in [0, 0.05) is 12.6 Å². The van der Waals surface area contributed by atoms with Gasteiger partial charge in [-0.1, -0.05) is 48.9 Å². The molecule has 2 rings (SSSR count). The largest absolute Gasteiger partial charge is 0.369 e. The van der Waals surface area contributed by atoms with Gasteiger partial charge in [0.25, 0.3) is 0 Å². The number of rotatable bonds is 4. The highest BCUT2D eigenvalue weighted by Crippen LogP contribution is 2.17. The molecular formula is C13H15ClN4. The first kappa shape index (κ1) is 12.6. The van der Waals surface area contributed by atoms with Crippen LogP contribution in [-0.4, -0.2) is 16.5 Å². The molecule has 0 saturated carbocycles. The first-order valence-electron chi connectivity index (χ1n) is 5.74. The third kappa shape index (κ3) is 3.34. The lowest BCUT2D eigenvalue weighted by molar-refractivity contribution is 0.801. The lowest BCUT2D eigenvalue weighted by Crippen LogP contribution is -2.11. The number of aromatic nitrogens is 2. The first-order valence-corrected chi connectivity index (χ1v) is 6.12. The number of nitrogens with one attached hydrogen (secondary N) is 1. The summed E-state index contributed by atoms with van der Waals surface area (Å²) in [4.78, 5) is 7.88. The molecule has 2 aromatic rings. The van der Waals surface area contributed by atoms with Crippen molar-refractivity contribution in [3.8, 4) is 0 Å². The second-order valence-corrected chi connectivity index (χ2v) is 4.51. The quantitative estimate of drug-likeness (QED) is 0.832. The van der Waals surface area contributed by atoms with E-state index < -0.39 is 0 Å². The minimum Gasteiger partial charge on any atom is -0.369 e. The molecule has 0 amide bonds. The van der Waals surface area contributed by atoms with Crippen LogP contribution in [0.15, 0.2) is 36.4 Å². The van der Waals surface area contributed by atoms with Gasteiger partial charge in [-0.05, 0) is 11.5 Å². The van der Waals surface area contributed by atoms with Gasteiger partial charge < -0.3 is 11.1 Å². The van der Waals surface area contributed by atoms with E-state index in [4.69, 9.17) is 17.3 Å². The Balaban J connectivity index is 1.99. The Morgan fingerprint density at radius 2 is 2.00 bits per heavy atom. The van der Waals surface area contributed by atoms with Gasteiger partial charge in [0.2, 0.25) is 5.95 Å². The number of hydrogen-bond acceptors (Lipinski definition) is 4. The van der Waals surface area contributed by atoms with Crippen LogP contribution >= 0.6 is 11.6 Å². The Kier molecular flexibility index (Phi) is 3.99. The van der Waals surface area contributed by atoms with Crippen LogP contribution in [0.2, 0.25) is 5.15 Å². The van der Waals surface area contributed by atoms with Gasteiger partial charge in [0.15, 0.2) is 0 Å². The molecule has 0 fully saturated rings. The summed E-state index contributed by atoms with van der Waals surface area (Å²) in [5.41, 5.74) is 6.81. The van der Waals surface area contributed by atoms with Crippen LogP contribution in [0.4, 0.5) is 11.8 Å². The minimum atomic E-state index is 0.178. The van der Waals surface area contributed by atoms with E-state index in [1.165, 1.54) is 5.56 Å². The lowest BCUT2D eigenvalue weighted by atomic mass is 10.0. The summed E-state index contributed by atoms with van der Waals surface area (Å²) in [5.74, 6) is 1.20. The number of nitrogens with two attached hydrogens (primary N) is 1. The van der Waals surface area contributed by atoms with E-state index in [9.17, 15) is 0 Å². The van der Waals surface area contributed by atoms with Gasteiger partial charge in [-0.25, -0.2) is 4.98 Å². The van der Waals surface area contributed by atoms with Crippen LogP contribution in [-0.2, 0) is 0 Å². The molecule has 0 aliphatic rings. The number of nitrogens with zero attached hydrogens (tertiary/aromatic N) is 2. The molecule has 1 unspecified atom stereocenters. The summed E-state index contributed by atoms with van der Waals surface area (Å²) in [7, 11) is 0. The summed E-state index contributed by atoms with van der Waals surface area (Å²) >= 11 is 5.81. The summed E-state index contributed by atoms with van der Waals surface area (Å²) in [6.07, 6.45) is 0. The van der Waals surface area contributed by atoms with Gasteiger partial charge in [0.05, 0.1) is 0 Å². The van der Waals surface area contributed by atoms with Crippen molar-refractivity contribution in [3.63, 3.8) is 0 Å². The van der Waals surface area contributed by atoms with E-state index >= 15 is 0 Å². The third-order valence-electron chi connectivity index (χ3n) is 2.67. The van der Waals surface area contributed by atoms with Crippen LogP contribution in [0.25, 0.3) is 0 Å². The van der Waals surface area contributed by atoms with Crippen molar-refractivity contribution < 1.29 is 0 Å². The maximum atomic E-state index is 5.81. The fraction of sp³-hybridized carbons (Fsp3) is 0.231. The van der Waals surface area contributed by atoms with Crippen LogP contribution in [0, 0.1) is 0 Å². The zero-order chi connectivity index (χ0) is 13.0. The topological polar surface area (TPSA) is 63.8 Å². The molecule has 0 radical (unpaired) electrons. The number of hydrogen-bond donors (Lipinski definition) is 2. The smallest absolute Gasteiger partial charge is 0.223 e. The van der Waals surface area contributed by atoms with Gasteiger partial charge in [0.1, 0.15) is 11.0 Å². The lowest BCUT2D eigenvalue weighted by Gasteiger charge is -2.13. The van der Waals surface area contributed by atoms with Crippen LogP contribution in [0.1, 0.15) is 18.4 Å². The van der Waals surface area contributed by atoms with Gasteiger partial charge in [-0.15, -0.1) is 0 Å². The SMILES string of the molecule is CC(CNc1cc(Cl)nc(N)n1)c1ccccc1. The molecule has 4 nitrogen and oxygen atoms in total. The molecule has 0 aliphatic heterocycles. The number of benzene rings is 1. The molecule has 0 spiro atoms. The minimum absolute atomic E-state index is 0.178. The summed E-state index contributed by atoms with van der Waals surface area (Å²) in [5, 5.41) is 3.55. The van der Waals surface area contributed by atoms with Crippen molar-refractivity contribution in [1.82, 2.24) is 9.97 Å². The van der Waals surface area contributed by atoms with E-state index in [-0.39, 0.29) is 5.95 Å². The standard InChI is InChI=1S/C13H15ClN4/c1-9(10-5-3-2-4-6-10)8-16-12-7-11(14)17-13(15)18-12/h2-7,9H,8H2,1H3,(H3,15,16,17,18). The van der Waals surface area contributed by atoms with E-state index in [2.05, 4.69) is 34.3 Å². The Morgan fingerprint density at radius 1 is 1.28 bits per heavy atom. The summed E-state index contributed by atoms with van der Waals surface area (Å²) in [6, 6.07) is 11.9. The highest BCUT2D eigenvalue weighted by Gasteiger charge is 2.06. The van der Waals surface area contributed by atoms with Crippen molar-refractivity contribution in [2.24, 2.45) is 0 Å². The molecular weight excluding hydrogens is 248 g/mol. The Labute approximate surface area is 111 Å². The zero-order valence-electron chi connectivity index (χ0n) is 10.1. The molecule has 5 heteroatoms. The van der Waals surface area contributed by atoms with Gasteiger partial charge in [-0.2, -0.15) is 4.98 Å². The van der Waals surface area contributed by atoms with E-state index in [1.807, 2.05) is 18.2 Å². The average Bonchev–Trinajstić information content (AvgIpc) is 2.36. The van der Waals surface area contributed by atoms with Crippen molar-refractivity contribution >= 4 is 23.4 Å². The summed E-state index contributed by atoms with van der Waals surface area (Å²) in [6.45, 7) is 2.91. The van der Waals surface area contributed by atoms with Crippen LogP contribution in [0.5, 0.6) is 0 Å². The highest BCUT2D eigenvalue weighted by molar-refractivity contribution is 6.29. The Bertz CT molecular complexity index is 495. The van der Waals surface area contributed by atoms with Crippen LogP contribution in [0.3, 0.4) is 0 Å². The maximum Gasteiger partial charge on any atom is 0.223 e. The molecule has 1 heterocycles. The number of halogens is 1. The van der Waals surface area contributed by atoms with E-state index in [0.717, 1.165) is 6.54 Å². The number of anilines is 2. The Morgan fingerprint density at radius 3 is 2.67 bits per heavy atom. The van der Waals surface area contributed by atoms with Crippen LogP contribution < -0.4 is 11.1 Å². The molecule has 0 aliphatic carbocycles. The highest BCUT2D eigenvalue weighted by atomic mass is 35.5. The molecule has 94 valence electrons. The Hall–Kier alpha value is -1.81. The third-order valence-corrected chi connectivity index (χ3v) is 2.86. The molecule has 1 atom stereocenters. The van der Waals surface area contributed by atoms with Gasteiger partial charge in [-0.3, -0.25) is 0 Å². The van der Waals surface area contributed by atoms with Crippen molar-refractivity contribution in [2.45, 2.75) is 12.8 Å². The fourth-order valence-corrected chi connectivity index (χ4v) is 1.87. The molecule has 3 N–H and O–H groups in total. The van der Waals surface area contributed by atoms with E-state index in [0.29, 0.717) is 16.9 Å². The molecule has 1 aromatic carbocycles. The van der Waals surface area contributed by atoms with E-state index in [1.54, 1.807) is 6.07 Å². The molecule has 0 saturated heterocycles. The summed E-state index contributed by atoms with van der Waals surface area (Å²) < 4.78 is 0. The zero-order valence-corrected chi connectivity index (χ0v) is 10.9. The van der Waals surface area contributed by atoms with Crippen molar-refractivity contribution in [2.75, 3.05) is 17.6 Å². The molecule has 0 bridgehead atoms. The molecule has 1 aromatic heterocycles. The number of nitrogen functional groups attached to an aromatic ring is 1. The van der Waals surface area contributed by atoms with Crippen molar-refractivity contribution in [1.29, 1.82) is 0 Å². The monoisotopic (exact) mass is 262 g/mol. The normalized spacial score (nSPS) is 12.1. The fourth-order valence-electron chi connectivity index (χ4n) is 1.68. The van der Waals surface area contributed by atoms with Gasteiger partial charge >= 0.3 is 0 Å². The van der Waals surface area contributed by atoms with Crippen molar-refractivity contribution in [3.05, 3.63) is 47.1 Å². The molecule has 18 heavy (non-hydrogen) atoms. The first-order chi connectivity index (χ1) is 8.65. The second-order valence-electron chi connectivity index (χ2n) is 4.13. The maximum absolute atomic E-state index is 5.81. The second kappa shape index (κ2) is 5.69. The predicted octanol–water partition coefficient (Wildman–Crippen LogP) is 2.93. The predicted molar refractivity (Wildman–Crippen MR) is 74.8 cm³/mol.